The molecule has 8 heteroatoms. The van der Waals surface area contributed by atoms with Crippen LogP contribution in [-0.2, 0) is 22.5 Å². The highest BCUT2D eigenvalue weighted by molar-refractivity contribution is 5.81. The van der Waals surface area contributed by atoms with Crippen LogP contribution in [0.4, 0.5) is 0 Å². The molecule has 1 aliphatic heterocycles. The van der Waals surface area contributed by atoms with E-state index in [1.165, 1.54) is 7.11 Å². The fraction of sp³-hybridized carbons (Fsp3) is 0.250. The van der Waals surface area contributed by atoms with Crippen LogP contribution in [0.1, 0.15) is 34.9 Å². The van der Waals surface area contributed by atoms with E-state index in [0.29, 0.717) is 35.7 Å². The van der Waals surface area contributed by atoms with Crippen molar-refractivity contribution in [3.63, 3.8) is 0 Å². The van der Waals surface area contributed by atoms with Crippen molar-refractivity contribution >= 4 is 16.9 Å². The number of fused-ring (bicyclic) bond motifs is 3. The number of esters is 1. The Bertz CT molecular complexity index is 1380. The number of nitrogens with zero attached hydrogens (tertiary/aromatic N) is 3. The number of hydrogen-bond donors (Lipinski definition) is 1. The molecule has 3 aromatic heterocycles. The van der Waals surface area contributed by atoms with Crippen molar-refractivity contribution in [3.05, 3.63) is 81.8 Å². The number of ether oxygens (including phenoxy) is 2. The molecular formula is C24H22N4O4. The van der Waals surface area contributed by atoms with Gasteiger partial charge in [-0.2, -0.15) is 0 Å². The summed E-state index contributed by atoms with van der Waals surface area (Å²) in [5.41, 5.74) is 3.49. The molecule has 5 rings (SSSR count). The Balaban J connectivity index is 1.64. The Hall–Kier alpha value is -3.94. The Morgan fingerprint density at radius 1 is 1.28 bits per heavy atom. The minimum Gasteiger partial charge on any atom is -0.469 e. The van der Waals surface area contributed by atoms with E-state index in [0.717, 1.165) is 22.3 Å². The first-order chi connectivity index (χ1) is 15.5. The summed E-state index contributed by atoms with van der Waals surface area (Å²) in [6.07, 6.45) is 4.02. The topological polar surface area (TPSA) is 99.1 Å². The van der Waals surface area contributed by atoms with Gasteiger partial charge in [-0.3, -0.25) is 9.59 Å². The van der Waals surface area contributed by atoms with E-state index >= 15 is 0 Å². The number of pyridine rings is 2. The highest BCUT2D eigenvalue weighted by atomic mass is 16.5. The normalized spacial score (nSPS) is 14.5. The van der Waals surface area contributed by atoms with E-state index in [1.54, 1.807) is 17.1 Å². The van der Waals surface area contributed by atoms with Gasteiger partial charge in [-0.15, -0.1) is 0 Å². The van der Waals surface area contributed by atoms with Crippen molar-refractivity contribution in [3.8, 4) is 11.6 Å². The number of imidazole rings is 1. The van der Waals surface area contributed by atoms with Crippen LogP contribution in [0.3, 0.4) is 0 Å². The van der Waals surface area contributed by atoms with Gasteiger partial charge in [0, 0.05) is 53.5 Å². The number of hydrogen-bond acceptors (Lipinski definition) is 6. The maximum atomic E-state index is 13.6. The first-order valence-corrected chi connectivity index (χ1v) is 10.4. The molecular weight excluding hydrogens is 408 g/mol. The molecule has 162 valence electrons. The molecule has 0 fully saturated rings. The van der Waals surface area contributed by atoms with Crippen molar-refractivity contribution in [1.29, 1.82) is 0 Å². The van der Waals surface area contributed by atoms with Gasteiger partial charge in [-0.1, -0.05) is 18.2 Å². The Morgan fingerprint density at radius 2 is 2.12 bits per heavy atom. The number of nitrogens with one attached hydrogen (secondary N) is 1. The highest BCUT2D eigenvalue weighted by Gasteiger charge is 2.34. The lowest BCUT2D eigenvalue weighted by Gasteiger charge is -2.28. The minimum atomic E-state index is -0.509. The molecule has 1 unspecified atom stereocenters. The van der Waals surface area contributed by atoms with Crippen LogP contribution in [-0.4, -0.2) is 32.6 Å². The zero-order valence-corrected chi connectivity index (χ0v) is 17.8. The minimum absolute atomic E-state index is 0.0265. The first-order valence-electron chi connectivity index (χ1n) is 10.4. The third kappa shape index (κ3) is 3.43. The number of carbonyl (C=O) groups excluding carboxylic acids is 1. The maximum absolute atomic E-state index is 13.6. The second kappa shape index (κ2) is 7.96. The summed E-state index contributed by atoms with van der Waals surface area (Å²) in [7, 11) is 1.35. The second-order valence-corrected chi connectivity index (χ2v) is 7.86. The number of aryl methyl sites for hydroxylation is 2. The van der Waals surface area contributed by atoms with Crippen molar-refractivity contribution in [1.82, 2.24) is 19.5 Å². The smallest absolute Gasteiger partial charge is 0.306 e. The van der Waals surface area contributed by atoms with Crippen LogP contribution in [0.5, 0.6) is 11.6 Å². The van der Waals surface area contributed by atoms with Gasteiger partial charge < -0.3 is 19.0 Å². The molecule has 4 heterocycles. The molecule has 8 nitrogen and oxygen atoms in total. The van der Waals surface area contributed by atoms with Gasteiger partial charge in [-0.25, -0.2) is 9.97 Å². The lowest BCUT2D eigenvalue weighted by atomic mass is 9.86. The van der Waals surface area contributed by atoms with Crippen LogP contribution in [0.2, 0.25) is 0 Å². The van der Waals surface area contributed by atoms with E-state index < -0.39 is 11.9 Å². The third-order valence-corrected chi connectivity index (χ3v) is 5.91. The fourth-order valence-electron chi connectivity index (χ4n) is 4.26. The average Bonchev–Trinajstić information content (AvgIpc) is 3.31. The predicted molar refractivity (Wildman–Crippen MR) is 118 cm³/mol. The summed E-state index contributed by atoms with van der Waals surface area (Å²) in [6, 6.07) is 11.5. The van der Waals surface area contributed by atoms with Gasteiger partial charge >= 0.3 is 5.97 Å². The molecule has 1 aromatic carbocycles. The molecule has 0 aliphatic carbocycles. The molecule has 32 heavy (non-hydrogen) atoms. The zero-order valence-electron chi connectivity index (χ0n) is 17.8. The number of carbonyl (C=O) groups is 1. The molecule has 4 aromatic rings. The van der Waals surface area contributed by atoms with Crippen LogP contribution >= 0.6 is 0 Å². The Morgan fingerprint density at radius 3 is 2.91 bits per heavy atom. The number of aromatic amines is 1. The van der Waals surface area contributed by atoms with E-state index in [1.807, 2.05) is 43.3 Å². The molecule has 0 saturated heterocycles. The lowest BCUT2D eigenvalue weighted by molar-refractivity contribution is -0.140. The molecule has 0 saturated carbocycles. The van der Waals surface area contributed by atoms with Gasteiger partial charge in [0.2, 0.25) is 5.88 Å². The summed E-state index contributed by atoms with van der Waals surface area (Å²) in [4.78, 5) is 37.7. The molecule has 0 bridgehead atoms. The molecule has 0 amide bonds. The van der Waals surface area contributed by atoms with Crippen LogP contribution in [0, 0.1) is 6.92 Å². The number of aromatic nitrogens is 4. The van der Waals surface area contributed by atoms with Crippen molar-refractivity contribution < 1.29 is 14.3 Å². The first kappa shape index (κ1) is 20.0. The monoisotopic (exact) mass is 430 g/mol. The van der Waals surface area contributed by atoms with Crippen LogP contribution < -0.4 is 10.3 Å². The molecule has 0 radical (unpaired) electrons. The standard InChI is InChI=1S/C24H22N4O4/c1-14-9-20-22(24(30)28(14)8-7-16-12-25-13-26-16)17(11-21(29)31-2)18-10-15-5-3-4-6-19(15)27-23(18)32-20/h3-6,9-10,12-13,17H,7-8,11H2,1-2H3,(H,25,26). The SMILES string of the molecule is COC(=O)CC1c2cc3ccccc3nc2Oc2cc(C)n(CCc3cnc[nH]3)c(=O)c21. The van der Waals surface area contributed by atoms with Crippen LogP contribution in [0.15, 0.2) is 53.7 Å². The summed E-state index contributed by atoms with van der Waals surface area (Å²) in [6.45, 7) is 2.35. The zero-order chi connectivity index (χ0) is 22.2. The number of methoxy groups -OCH3 is 1. The average molecular weight is 430 g/mol. The van der Waals surface area contributed by atoms with E-state index in [-0.39, 0.29) is 12.0 Å². The van der Waals surface area contributed by atoms with Crippen molar-refractivity contribution in [2.45, 2.75) is 32.2 Å². The number of H-pyrrole nitrogens is 1. The summed E-state index contributed by atoms with van der Waals surface area (Å²) in [5.74, 6) is -0.0515. The molecule has 1 N–H and O–H groups in total. The number of rotatable bonds is 5. The van der Waals surface area contributed by atoms with Crippen molar-refractivity contribution in [2.24, 2.45) is 0 Å². The summed E-state index contributed by atoms with van der Waals surface area (Å²) < 4.78 is 12.8. The lowest BCUT2D eigenvalue weighted by Crippen LogP contribution is -2.31. The molecule has 0 spiro atoms. The number of benzene rings is 1. The Kier molecular flexibility index (Phi) is 4.97. The number of para-hydroxylation sites is 1. The van der Waals surface area contributed by atoms with E-state index in [2.05, 4.69) is 15.0 Å². The largest absolute Gasteiger partial charge is 0.469 e. The van der Waals surface area contributed by atoms with Gasteiger partial charge in [0.15, 0.2) is 0 Å². The maximum Gasteiger partial charge on any atom is 0.306 e. The van der Waals surface area contributed by atoms with Gasteiger partial charge in [0.1, 0.15) is 5.75 Å². The fourth-order valence-corrected chi connectivity index (χ4v) is 4.26. The quantitative estimate of drug-likeness (QED) is 0.487. The third-order valence-electron chi connectivity index (χ3n) is 5.91. The van der Waals surface area contributed by atoms with E-state index in [4.69, 9.17) is 9.47 Å². The molecule has 1 aliphatic rings. The summed E-state index contributed by atoms with van der Waals surface area (Å²) in [5, 5.41) is 0.917. The van der Waals surface area contributed by atoms with Crippen molar-refractivity contribution in [2.75, 3.05) is 7.11 Å². The van der Waals surface area contributed by atoms with Gasteiger partial charge in [-0.05, 0) is 19.1 Å². The van der Waals surface area contributed by atoms with Crippen LogP contribution in [0.25, 0.3) is 10.9 Å². The van der Waals surface area contributed by atoms with E-state index in [9.17, 15) is 9.59 Å². The summed E-state index contributed by atoms with van der Waals surface area (Å²) >= 11 is 0. The predicted octanol–water partition coefficient (Wildman–Crippen LogP) is 3.47. The molecule has 1 atom stereocenters. The second-order valence-electron chi connectivity index (χ2n) is 7.86. The highest BCUT2D eigenvalue weighted by Crippen LogP contribution is 2.44. The Labute approximate surface area is 183 Å². The van der Waals surface area contributed by atoms with Gasteiger partial charge in [0.05, 0.1) is 30.9 Å². The van der Waals surface area contributed by atoms with Gasteiger partial charge in [0.25, 0.3) is 5.56 Å².